The molecule has 186 valence electrons. The number of pyridine rings is 1. The first-order valence-electron chi connectivity index (χ1n) is 12.9. The van der Waals surface area contributed by atoms with Crippen LogP contribution in [0.15, 0.2) is 72.0 Å². The molecule has 0 saturated heterocycles. The second kappa shape index (κ2) is 10.9. The van der Waals surface area contributed by atoms with Crippen LogP contribution in [0.4, 0.5) is 0 Å². The number of nitrogens with zero attached hydrogens (tertiary/aromatic N) is 3. The molecule has 36 heavy (non-hydrogen) atoms. The Balaban J connectivity index is 1.27. The Morgan fingerprint density at radius 2 is 1.78 bits per heavy atom. The molecule has 3 unspecified atom stereocenters. The minimum Gasteiger partial charge on any atom is -0.349 e. The zero-order valence-electron chi connectivity index (χ0n) is 21.3. The number of hydrogen-bond donors (Lipinski definition) is 1. The van der Waals surface area contributed by atoms with Crippen LogP contribution in [0.5, 0.6) is 0 Å². The highest BCUT2D eigenvalue weighted by Crippen LogP contribution is 2.30. The Kier molecular flexibility index (Phi) is 7.42. The van der Waals surface area contributed by atoms with Crippen molar-refractivity contribution in [1.82, 2.24) is 19.9 Å². The first-order valence-corrected chi connectivity index (χ1v) is 13.9. The third kappa shape index (κ3) is 5.49. The van der Waals surface area contributed by atoms with Crippen molar-refractivity contribution in [1.29, 1.82) is 0 Å². The van der Waals surface area contributed by atoms with E-state index in [1.54, 1.807) is 11.8 Å². The van der Waals surface area contributed by atoms with E-state index in [1.807, 2.05) is 30.5 Å². The van der Waals surface area contributed by atoms with Crippen molar-refractivity contribution in [2.24, 2.45) is 11.8 Å². The molecule has 6 heteroatoms. The summed E-state index contributed by atoms with van der Waals surface area (Å²) in [6.07, 6.45) is 5.35. The number of aryl methyl sites for hydroxylation is 1. The van der Waals surface area contributed by atoms with Gasteiger partial charge in [0.25, 0.3) is 5.91 Å². The largest absolute Gasteiger partial charge is 0.349 e. The zero-order valence-corrected chi connectivity index (χ0v) is 22.1. The van der Waals surface area contributed by atoms with Crippen molar-refractivity contribution >= 4 is 28.8 Å². The quantitative estimate of drug-likeness (QED) is 0.290. The van der Waals surface area contributed by atoms with E-state index in [0.29, 0.717) is 11.8 Å². The molecule has 1 fully saturated rings. The van der Waals surface area contributed by atoms with Crippen molar-refractivity contribution in [3.05, 3.63) is 89.1 Å². The topological polar surface area (TPSA) is 59.8 Å². The molecule has 1 aliphatic rings. The summed E-state index contributed by atoms with van der Waals surface area (Å²) in [4.78, 5) is 22.3. The highest BCUT2D eigenvalue weighted by molar-refractivity contribution is 7.98. The number of nitrogens with one attached hydrogen (secondary N) is 1. The van der Waals surface area contributed by atoms with Crippen LogP contribution in [0.3, 0.4) is 0 Å². The molecule has 0 aliphatic heterocycles. The van der Waals surface area contributed by atoms with E-state index in [1.165, 1.54) is 24.0 Å². The van der Waals surface area contributed by atoms with Crippen molar-refractivity contribution in [2.45, 2.75) is 63.5 Å². The molecule has 0 bridgehead atoms. The molecule has 0 radical (unpaired) electrons. The van der Waals surface area contributed by atoms with Gasteiger partial charge in [-0.15, -0.1) is 0 Å². The van der Waals surface area contributed by atoms with Crippen LogP contribution in [0.1, 0.15) is 60.2 Å². The Morgan fingerprint density at radius 3 is 2.56 bits per heavy atom. The number of benzene rings is 2. The predicted molar refractivity (Wildman–Crippen MR) is 147 cm³/mol. The van der Waals surface area contributed by atoms with Crippen molar-refractivity contribution < 1.29 is 4.79 Å². The van der Waals surface area contributed by atoms with E-state index in [0.717, 1.165) is 46.2 Å². The second-order valence-corrected chi connectivity index (χ2v) is 11.1. The molecule has 2 aromatic carbocycles. The Bertz CT molecular complexity index is 1330. The third-order valence-electron chi connectivity index (χ3n) is 7.54. The third-order valence-corrected chi connectivity index (χ3v) is 8.58. The van der Waals surface area contributed by atoms with Gasteiger partial charge in [0.1, 0.15) is 5.52 Å². The smallest absolute Gasteiger partial charge is 0.251 e. The molecule has 2 aromatic heterocycles. The number of fused-ring (bicyclic) bond motifs is 1. The van der Waals surface area contributed by atoms with Gasteiger partial charge in [0.05, 0.1) is 6.54 Å². The summed E-state index contributed by atoms with van der Waals surface area (Å²) in [6.45, 7) is 7.38. The van der Waals surface area contributed by atoms with Gasteiger partial charge in [-0.05, 0) is 60.6 Å². The van der Waals surface area contributed by atoms with Gasteiger partial charge in [-0.3, -0.25) is 9.36 Å². The van der Waals surface area contributed by atoms with Crippen LogP contribution in [-0.2, 0) is 12.3 Å². The lowest BCUT2D eigenvalue weighted by molar-refractivity contribution is 0.0891. The van der Waals surface area contributed by atoms with Crippen LogP contribution in [0, 0.1) is 18.8 Å². The molecule has 1 saturated carbocycles. The summed E-state index contributed by atoms with van der Waals surface area (Å²) in [6, 6.07) is 20.8. The minimum absolute atomic E-state index is 0.0334. The highest BCUT2D eigenvalue weighted by atomic mass is 32.2. The summed E-state index contributed by atoms with van der Waals surface area (Å²) in [5, 5.41) is 4.23. The van der Waals surface area contributed by atoms with E-state index in [2.05, 4.69) is 72.0 Å². The Hall–Kier alpha value is -3.12. The molecule has 3 atom stereocenters. The Morgan fingerprint density at radius 1 is 1.03 bits per heavy atom. The standard InChI is InChI=1S/C30H34N4OS/c1-20-9-11-23(12-10-20)18-34-28-27(8-5-17-31-28)33-30(34)36-19-24-13-15-25(16-14-24)29(35)32-26-7-4-6-21(2)22(26)3/h5,8-17,21-22,26H,4,6-7,18-19H2,1-3H3,(H,32,35). The van der Waals surface area contributed by atoms with Gasteiger partial charge in [-0.1, -0.05) is 80.4 Å². The number of imidazole rings is 1. The molecule has 0 spiro atoms. The first-order chi connectivity index (χ1) is 17.5. The molecule has 2 heterocycles. The van der Waals surface area contributed by atoms with Crippen molar-refractivity contribution in [2.75, 3.05) is 0 Å². The monoisotopic (exact) mass is 498 g/mol. The number of thioether (sulfide) groups is 1. The van der Waals surface area contributed by atoms with E-state index in [-0.39, 0.29) is 11.9 Å². The fourth-order valence-electron chi connectivity index (χ4n) is 5.00. The molecule has 5 rings (SSSR count). The molecule has 1 amide bonds. The number of carbonyl (C=O) groups is 1. The molecular formula is C30H34N4OS. The van der Waals surface area contributed by atoms with Gasteiger partial charge in [-0.25, -0.2) is 9.97 Å². The molecule has 5 nitrogen and oxygen atoms in total. The first kappa shape index (κ1) is 24.6. The lowest BCUT2D eigenvalue weighted by Gasteiger charge is -2.34. The number of aromatic nitrogens is 3. The lowest BCUT2D eigenvalue weighted by atomic mass is 9.78. The van der Waals surface area contributed by atoms with Gasteiger partial charge < -0.3 is 5.32 Å². The number of rotatable bonds is 7. The van der Waals surface area contributed by atoms with Crippen molar-refractivity contribution in [3.8, 4) is 0 Å². The second-order valence-electron chi connectivity index (χ2n) is 10.1. The number of hydrogen-bond acceptors (Lipinski definition) is 4. The van der Waals surface area contributed by atoms with E-state index >= 15 is 0 Å². The Labute approximate surface area is 217 Å². The number of carbonyl (C=O) groups excluding carboxylic acids is 1. The zero-order chi connectivity index (χ0) is 25.1. The fraction of sp³-hybridized carbons (Fsp3) is 0.367. The molecule has 1 N–H and O–H groups in total. The summed E-state index contributed by atoms with van der Waals surface area (Å²) in [7, 11) is 0. The van der Waals surface area contributed by atoms with Crippen LogP contribution in [0.2, 0.25) is 0 Å². The lowest BCUT2D eigenvalue weighted by Crippen LogP contribution is -2.43. The highest BCUT2D eigenvalue weighted by Gasteiger charge is 2.28. The SMILES string of the molecule is Cc1ccc(Cn2c(SCc3ccc(C(=O)NC4CCCC(C)C4C)cc3)nc3cccnc32)cc1. The van der Waals surface area contributed by atoms with Crippen LogP contribution in [-0.4, -0.2) is 26.5 Å². The van der Waals surface area contributed by atoms with Crippen LogP contribution in [0.25, 0.3) is 11.2 Å². The maximum absolute atomic E-state index is 12.9. The maximum atomic E-state index is 12.9. The van der Waals surface area contributed by atoms with Crippen LogP contribution < -0.4 is 5.32 Å². The number of amides is 1. The van der Waals surface area contributed by atoms with Gasteiger partial charge in [0.15, 0.2) is 10.8 Å². The normalized spacial score (nSPS) is 19.9. The van der Waals surface area contributed by atoms with Gasteiger partial charge in [0, 0.05) is 23.6 Å². The van der Waals surface area contributed by atoms with Gasteiger partial charge in [0.2, 0.25) is 0 Å². The van der Waals surface area contributed by atoms with E-state index in [9.17, 15) is 4.79 Å². The predicted octanol–water partition coefficient (Wildman–Crippen LogP) is 6.63. The van der Waals surface area contributed by atoms with E-state index < -0.39 is 0 Å². The van der Waals surface area contributed by atoms with Crippen LogP contribution >= 0.6 is 11.8 Å². The maximum Gasteiger partial charge on any atom is 0.251 e. The van der Waals surface area contributed by atoms with Crippen molar-refractivity contribution in [3.63, 3.8) is 0 Å². The summed E-state index contributed by atoms with van der Waals surface area (Å²) < 4.78 is 2.19. The van der Waals surface area contributed by atoms with Gasteiger partial charge >= 0.3 is 0 Å². The fourth-order valence-corrected chi connectivity index (χ4v) is 5.96. The summed E-state index contributed by atoms with van der Waals surface area (Å²) in [5.74, 6) is 1.99. The molecule has 1 aliphatic carbocycles. The average molecular weight is 499 g/mol. The average Bonchev–Trinajstić information content (AvgIpc) is 3.24. The summed E-state index contributed by atoms with van der Waals surface area (Å²) in [5.41, 5.74) is 6.18. The summed E-state index contributed by atoms with van der Waals surface area (Å²) >= 11 is 1.70. The molecule has 4 aromatic rings. The van der Waals surface area contributed by atoms with Gasteiger partial charge in [-0.2, -0.15) is 0 Å². The minimum atomic E-state index is 0.0334. The van der Waals surface area contributed by atoms with E-state index in [4.69, 9.17) is 4.98 Å². The molecular weight excluding hydrogens is 464 g/mol.